The van der Waals surface area contributed by atoms with E-state index in [9.17, 15) is 4.79 Å². The van der Waals surface area contributed by atoms with Crippen LogP contribution in [-0.2, 0) is 16.8 Å². The molecule has 1 N–H and O–H groups in total. The Bertz CT molecular complexity index is 1060. The normalized spacial score (nSPS) is 15.5. The number of hydrogen-bond acceptors (Lipinski definition) is 1. The van der Waals surface area contributed by atoms with Gasteiger partial charge in [0.1, 0.15) is 5.54 Å². The molecule has 1 aromatic heterocycles. The third-order valence-electron chi connectivity index (χ3n) is 5.72. The summed E-state index contributed by atoms with van der Waals surface area (Å²) in [5.41, 5.74) is 5.05. The van der Waals surface area contributed by atoms with Crippen molar-refractivity contribution in [3.8, 4) is 0 Å². The van der Waals surface area contributed by atoms with Crippen molar-refractivity contribution in [3.05, 3.63) is 107 Å². The molecule has 1 aliphatic rings. The summed E-state index contributed by atoms with van der Waals surface area (Å²) >= 11 is 0. The minimum atomic E-state index is -0.656. The lowest BCUT2D eigenvalue weighted by Crippen LogP contribution is -2.51. The number of nitrogens with one attached hydrogen (secondary N) is 1. The number of rotatable bonds is 3. The first-order valence-electron chi connectivity index (χ1n) is 9.29. The van der Waals surface area contributed by atoms with E-state index in [-0.39, 0.29) is 0 Å². The minimum absolute atomic E-state index is 0.656. The number of aromatic amines is 1. The second-order valence-electron chi connectivity index (χ2n) is 7.02. The molecular formula is C24H20N2O. The van der Waals surface area contributed by atoms with E-state index in [0.29, 0.717) is 6.54 Å². The molecule has 1 aliphatic heterocycles. The van der Waals surface area contributed by atoms with Crippen molar-refractivity contribution in [1.29, 1.82) is 0 Å². The summed E-state index contributed by atoms with van der Waals surface area (Å²) in [4.78, 5) is 17.9. The van der Waals surface area contributed by atoms with Gasteiger partial charge < -0.3 is 9.88 Å². The maximum absolute atomic E-state index is 12.3. The van der Waals surface area contributed by atoms with Gasteiger partial charge in [0.05, 0.1) is 5.69 Å². The summed E-state index contributed by atoms with van der Waals surface area (Å²) in [6, 6.07) is 29.1. The van der Waals surface area contributed by atoms with Crippen LogP contribution in [0.4, 0.5) is 0 Å². The molecule has 3 heteroatoms. The number of fused-ring (bicyclic) bond motifs is 3. The predicted molar refractivity (Wildman–Crippen MR) is 108 cm³/mol. The molecule has 0 atom stereocenters. The van der Waals surface area contributed by atoms with Crippen molar-refractivity contribution in [2.75, 3.05) is 6.54 Å². The van der Waals surface area contributed by atoms with Gasteiger partial charge in [-0.2, -0.15) is 0 Å². The highest BCUT2D eigenvalue weighted by Crippen LogP contribution is 2.47. The van der Waals surface area contributed by atoms with E-state index in [4.69, 9.17) is 0 Å². The van der Waals surface area contributed by atoms with Crippen LogP contribution in [0.1, 0.15) is 22.4 Å². The van der Waals surface area contributed by atoms with Gasteiger partial charge in [-0.15, -0.1) is 0 Å². The molecule has 1 amide bonds. The lowest BCUT2D eigenvalue weighted by molar-refractivity contribution is -0.122. The van der Waals surface area contributed by atoms with Crippen LogP contribution < -0.4 is 0 Å². The van der Waals surface area contributed by atoms with Crippen LogP contribution in [0.15, 0.2) is 84.9 Å². The summed E-state index contributed by atoms with van der Waals surface area (Å²) < 4.78 is 0. The number of carbonyl (C=O) groups excluding carboxylic acids is 1. The Morgan fingerprint density at radius 2 is 1.41 bits per heavy atom. The van der Waals surface area contributed by atoms with Crippen LogP contribution in [-0.4, -0.2) is 22.8 Å². The Kier molecular flexibility index (Phi) is 3.61. The van der Waals surface area contributed by atoms with Gasteiger partial charge in [0.2, 0.25) is 6.41 Å². The number of nitrogens with zero attached hydrogens (tertiary/aromatic N) is 1. The molecule has 27 heavy (non-hydrogen) atoms. The molecule has 0 saturated carbocycles. The van der Waals surface area contributed by atoms with Gasteiger partial charge in [-0.1, -0.05) is 78.9 Å². The zero-order chi connectivity index (χ0) is 18.3. The Labute approximate surface area is 158 Å². The Morgan fingerprint density at radius 3 is 2.04 bits per heavy atom. The SMILES string of the molecule is O=CN1CCc2c([nH]c3ccccc23)C1(c1ccccc1)c1ccccc1. The van der Waals surface area contributed by atoms with Crippen LogP contribution in [0, 0.1) is 0 Å². The topological polar surface area (TPSA) is 36.1 Å². The molecule has 0 bridgehead atoms. The van der Waals surface area contributed by atoms with Crippen LogP contribution in [0.25, 0.3) is 10.9 Å². The molecular weight excluding hydrogens is 332 g/mol. The lowest BCUT2D eigenvalue weighted by atomic mass is 9.74. The fraction of sp³-hybridized carbons (Fsp3) is 0.125. The van der Waals surface area contributed by atoms with Crippen molar-refractivity contribution in [3.63, 3.8) is 0 Å². The van der Waals surface area contributed by atoms with Gasteiger partial charge in [0, 0.05) is 17.4 Å². The minimum Gasteiger partial charge on any atom is -0.356 e. The molecule has 0 fully saturated rings. The van der Waals surface area contributed by atoms with Crippen LogP contribution in [0.2, 0.25) is 0 Å². The van der Waals surface area contributed by atoms with Crippen LogP contribution in [0.5, 0.6) is 0 Å². The lowest BCUT2D eigenvalue weighted by Gasteiger charge is -2.46. The average molecular weight is 352 g/mol. The van der Waals surface area contributed by atoms with E-state index in [1.54, 1.807) is 0 Å². The summed E-state index contributed by atoms with van der Waals surface area (Å²) in [6.45, 7) is 0.683. The summed E-state index contributed by atoms with van der Waals surface area (Å²) in [5.74, 6) is 0. The quantitative estimate of drug-likeness (QED) is 0.543. The second-order valence-corrected chi connectivity index (χ2v) is 7.02. The monoisotopic (exact) mass is 352 g/mol. The molecule has 0 saturated heterocycles. The highest BCUT2D eigenvalue weighted by atomic mass is 16.1. The van der Waals surface area contributed by atoms with E-state index in [2.05, 4.69) is 53.5 Å². The molecule has 2 heterocycles. The first-order valence-corrected chi connectivity index (χ1v) is 9.29. The molecule has 0 spiro atoms. The first-order chi connectivity index (χ1) is 13.4. The standard InChI is InChI=1S/C24H20N2O/c27-17-26-16-15-21-20-13-7-8-14-22(20)25-23(21)24(26,18-9-3-1-4-10-18)19-11-5-2-6-12-19/h1-14,17,25H,15-16H2. The van der Waals surface area contributed by atoms with Crippen molar-refractivity contribution in [2.24, 2.45) is 0 Å². The van der Waals surface area contributed by atoms with E-state index < -0.39 is 5.54 Å². The van der Waals surface area contributed by atoms with Gasteiger partial charge in [0.15, 0.2) is 0 Å². The van der Waals surface area contributed by atoms with Crippen LogP contribution in [0.3, 0.4) is 0 Å². The Morgan fingerprint density at radius 1 is 0.815 bits per heavy atom. The van der Waals surface area contributed by atoms with Crippen molar-refractivity contribution in [2.45, 2.75) is 12.0 Å². The molecule has 0 radical (unpaired) electrons. The molecule has 5 rings (SSSR count). The van der Waals surface area contributed by atoms with Gasteiger partial charge in [0.25, 0.3) is 0 Å². The smallest absolute Gasteiger partial charge is 0.211 e. The number of hydrogen-bond donors (Lipinski definition) is 1. The summed E-state index contributed by atoms with van der Waals surface area (Å²) in [6.07, 6.45) is 1.84. The number of carbonyl (C=O) groups is 1. The summed E-state index contributed by atoms with van der Waals surface area (Å²) in [7, 11) is 0. The zero-order valence-electron chi connectivity index (χ0n) is 14.9. The second kappa shape index (κ2) is 6.13. The molecule has 3 aromatic carbocycles. The van der Waals surface area contributed by atoms with E-state index in [0.717, 1.165) is 35.2 Å². The van der Waals surface area contributed by atoms with Crippen LogP contribution >= 0.6 is 0 Å². The average Bonchev–Trinajstić information content (AvgIpc) is 3.13. The van der Waals surface area contributed by atoms with Crippen molar-refractivity contribution in [1.82, 2.24) is 9.88 Å². The maximum atomic E-state index is 12.3. The number of H-pyrrole nitrogens is 1. The third-order valence-corrected chi connectivity index (χ3v) is 5.72. The van der Waals surface area contributed by atoms with Gasteiger partial charge >= 0.3 is 0 Å². The largest absolute Gasteiger partial charge is 0.356 e. The molecule has 3 nitrogen and oxygen atoms in total. The summed E-state index contributed by atoms with van der Waals surface area (Å²) in [5, 5.41) is 1.24. The van der Waals surface area contributed by atoms with E-state index in [1.165, 1.54) is 10.9 Å². The van der Waals surface area contributed by atoms with Crippen molar-refractivity contribution < 1.29 is 4.79 Å². The van der Waals surface area contributed by atoms with Gasteiger partial charge in [-0.05, 0) is 29.2 Å². The Hall–Kier alpha value is -3.33. The van der Waals surface area contributed by atoms with Crippen molar-refractivity contribution >= 4 is 17.3 Å². The molecule has 132 valence electrons. The molecule has 4 aromatic rings. The fourth-order valence-corrected chi connectivity index (χ4v) is 4.59. The number of para-hydroxylation sites is 1. The highest BCUT2D eigenvalue weighted by molar-refractivity contribution is 5.86. The Balaban J connectivity index is 1.93. The predicted octanol–water partition coefficient (Wildman–Crippen LogP) is 4.47. The maximum Gasteiger partial charge on any atom is 0.211 e. The van der Waals surface area contributed by atoms with Gasteiger partial charge in [-0.3, -0.25) is 4.79 Å². The number of aromatic nitrogens is 1. The first kappa shape index (κ1) is 15.9. The van der Waals surface area contributed by atoms with Gasteiger partial charge in [-0.25, -0.2) is 0 Å². The highest BCUT2D eigenvalue weighted by Gasteiger charge is 2.47. The van der Waals surface area contributed by atoms with E-state index >= 15 is 0 Å². The number of benzene rings is 3. The molecule has 0 unspecified atom stereocenters. The third kappa shape index (κ3) is 2.18. The zero-order valence-corrected chi connectivity index (χ0v) is 14.9. The van der Waals surface area contributed by atoms with E-state index in [1.807, 2.05) is 41.3 Å². The number of amides is 1. The molecule has 0 aliphatic carbocycles. The fourth-order valence-electron chi connectivity index (χ4n) is 4.59.